The van der Waals surface area contributed by atoms with Crippen LogP contribution in [0.15, 0.2) is 40.9 Å². The molecule has 0 amide bonds. The van der Waals surface area contributed by atoms with Crippen molar-refractivity contribution < 1.29 is 13.6 Å². The van der Waals surface area contributed by atoms with Crippen molar-refractivity contribution in [3.63, 3.8) is 0 Å². The lowest BCUT2D eigenvalue weighted by atomic mass is 10.0. The minimum atomic E-state index is -0.844. The first-order chi connectivity index (χ1) is 8.49. The standard InChI is InChI=1S/C14H9BrF2O/c1-8-5-11(13(17)7-12(8)16)14(18)9-3-2-4-10(15)6-9/h2-7H,1H3. The molecule has 18 heavy (non-hydrogen) atoms. The van der Waals surface area contributed by atoms with Gasteiger partial charge < -0.3 is 0 Å². The molecule has 0 radical (unpaired) electrons. The van der Waals surface area contributed by atoms with Gasteiger partial charge in [0.25, 0.3) is 0 Å². The van der Waals surface area contributed by atoms with Crippen molar-refractivity contribution in [1.82, 2.24) is 0 Å². The second-order valence-corrected chi connectivity index (χ2v) is 4.84. The second kappa shape index (κ2) is 4.98. The van der Waals surface area contributed by atoms with Gasteiger partial charge in [-0.1, -0.05) is 28.1 Å². The summed E-state index contributed by atoms with van der Waals surface area (Å²) in [6, 6.07) is 8.61. The molecule has 1 nitrogen and oxygen atoms in total. The van der Waals surface area contributed by atoms with Crippen molar-refractivity contribution >= 4 is 21.7 Å². The summed E-state index contributed by atoms with van der Waals surface area (Å²) < 4.78 is 27.5. The first-order valence-electron chi connectivity index (χ1n) is 5.25. The maximum Gasteiger partial charge on any atom is 0.196 e. The lowest BCUT2D eigenvalue weighted by Crippen LogP contribution is -2.05. The largest absolute Gasteiger partial charge is 0.288 e. The molecule has 0 spiro atoms. The molecule has 92 valence electrons. The molecule has 0 saturated heterocycles. The highest BCUT2D eigenvalue weighted by Crippen LogP contribution is 2.20. The summed E-state index contributed by atoms with van der Waals surface area (Å²) in [6.07, 6.45) is 0. The average molecular weight is 311 g/mol. The molecule has 2 aromatic rings. The van der Waals surface area contributed by atoms with E-state index in [1.54, 1.807) is 24.3 Å². The van der Waals surface area contributed by atoms with Crippen molar-refractivity contribution in [1.29, 1.82) is 0 Å². The Bertz CT molecular complexity index is 623. The molecule has 0 N–H and O–H groups in total. The van der Waals surface area contributed by atoms with Crippen LogP contribution in [-0.2, 0) is 0 Å². The van der Waals surface area contributed by atoms with Gasteiger partial charge in [-0.15, -0.1) is 0 Å². The minimum Gasteiger partial charge on any atom is -0.288 e. The van der Waals surface area contributed by atoms with Gasteiger partial charge in [0, 0.05) is 16.1 Å². The van der Waals surface area contributed by atoms with Crippen LogP contribution in [0.4, 0.5) is 8.78 Å². The Balaban J connectivity index is 2.49. The molecule has 0 aliphatic rings. The van der Waals surface area contributed by atoms with Gasteiger partial charge in [0.15, 0.2) is 5.78 Å². The molecule has 0 aliphatic heterocycles. The summed E-state index contributed by atoms with van der Waals surface area (Å²) in [4.78, 5) is 12.1. The molecule has 0 bridgehead atoms. The number of carbonyl (C=O) groups excluding carboxylic acids is 1. The lowest BCUT2D eigenvalue weighted by molar-refractivity contribution is 0.103. The van der Waals surface area contributed by atoms with Gasteiger partial charge in [0.05, 0.1) is 5.56 Å². The normalized spacial score (nSPS) is 10.4. The zero-order valence-corrected chi connectivity index (χ0v) is 11.1. The highest BCUT2D eigenvalue weighted by atomic mass is 79.9. The van der Waals surface area contributed by atoms with Gasteiger partial charge in [-0.05, 0) is 30.7 Å². The van der Waals surface area contributed by atoms with Crippen LogP contribution in [0.2, 0.25) is 0 Å². The van der Waals surface area contributed by atoms with Crippen LogP contribution in [0.25, 0.3) is 0 Å². The van der Waals surface area contributed by atoms with Gasteiger partial charge >= 0.3 is 0 Å². The fourth-order valence-corrected chi connectivity index (χ4v) is 2.02. The van der Waals surface area contributed by atoms with Crippen molar-refractivity contribution in [2.75, 3.05) is 0 Å². The van der Waals surface area contributed by atoms with E-state index < -0.39 is 17.4 Å². The van der Waals surface area contributed by atoms with Crippen LogP contribution in [-0.4, -0.2) is 5.78 Å². The molecule has 2 rings (SSSR count). The molecular weight excluding hydrogens is 302 g/mol. The average Bonchev–Trinajstić information content (AvgIpc) is 2.33. The third-order valence-corrected chi connectivity index (χ3v) is 3.07. The monoisotopic (exact) mass is 310 g/mol. The van der Waals surface area contributed by atoms with Crippen LogP contribution in [0, 0.1) is 18.6 Å². The Hall–Kier alpha value is -1.55. The third kappa shape index (κ3) is 2.48. The van der Waals surface area contributed by atoms with E-state index >= 15 is 0 Å². The van der Waals surface area contributed by atoms with E-state index in [4.69, 9.17) is 0 Å². The van der Waals surface area contributed by atoms with Crippen molar-refractivity contribution in [3.05, 3.63) is 69.2 Å². The lowest BCUT2D eigenvalue weighted by Gasteiger charge is -2.05. The quantitative estimate of drug-likeness (QED) is 0.757. The van der Waals surface area contributed by atoms with E-state index in [-0.39, 0.29) is 11.1 Å². The highest BCUT2D eigenvalue weighted by Gasteiger charge is 2.16. The van der Waals surface area contributed by atoms with E-state index in [0.29, 0.717) is 5.56 Å². The number of hydrogen-bond donors (Lipinski definition) is 0. The maximum absolute atomic E-state index is 13.6. The van der Waals surface area contributed by atoms with Gasteiger partial charge in [-0.3, -0.25) is 4.79 Å². The number of halogens is 3. The van der Waals surface area contributed by atoms with Gasteiger partial charge in [0.2, 0.25) is 0 Å². The molecule has 4 heteroatoms. The number of ketones is 1. The SMILES string of the molecule is Cc1cc(C(=O)c2cccc(Br)c2)c(F)cc1F. The Morgan fingerprint density at radius 3 is 2.50 bits per heavy atom. The number of hydrogen-bond acceptors (Lipinski definition) is 1. The topological polar surface area (TPSA) is 17.1 Å². The molecular formula is C14H9BrF2O. The molecule has 0 saturated carbocycles. The van der Waals surface area contributed by atoms with Gasteiger partial charge in [0.1, 0.15) is 11.6 Å². The van der Waals surface area contributed by atoms with Crippen molar-refractivity contribution in [2.24, 2.45) is 0 Å². The zero-order chi connectivity index (χ0) is 13.3. The smallest absolute Gasteiger partial charge is 0.196 e. The fraction of sp³-hybridized carbons (Fsp3) is 0.0714. The Morgan fingerprint density at radius 1 is 1.11 bits per heavy atom. The maximum atomic E-state index is 13.6. The Labute approximate surface area is 112 Å². The number of rotatable bonds is 2. The third-order valence-electron chi connectivity index (χ3n) is 2.58. The molecule has 0 atom stereocenters. The summed E-state index contributed by atoms with van der Waals surface area (Å²) in [5, 5.41) is 0. The zero-order valence-electron chi connectivity index (χ0n) is 9.51. The van der Waals surface area contributed by atoms with E-state index in [1.807, 2.05) is 0 Å². The summed E-state index contributed by atoms with van der Waals surface area (Å²) in [5.41, 5.74) is 0.482. The number of carbonyl (C=O) groups is 1. The first kappa shape index (κ1) is 12.9. The van der Waals surface area contributed by atoms with E-state index in [0.717, 1.165) is 10.5 Å². The highest BCUT2D eigenvalue weighted by molar-refractivity contribution is 9.10. The minimum absolute atomic E-state index is 0.119. The Kier molecular flexibility index (Phi) is 3.57. The predicted molar refractivity (Wildman–Crippen MR) is 68.7 cm³/mol. The summed E-state index contributed by atoms with van der Waals surface area (Å²) in [6.45, 7) is 1.49. The predicted octanol–water partition coefficient (Wildman–Crippen LogP) is 4.27. The molecule has 0 aliphatic carbocycles. The van der Waals surface area contributed by atoms with E-state index in [9.17, 15) is 13.6 Å². The van der Waals surface area contributed by atoms with Crippen LogP contribution >= 0.6 is 15.9 Å². The van der Waals surface area contributed by atoms with Gasteiger partial charge in [-0.2, -0.15) is 0 Å². The number of benzene rings is 2. The molecule has 0 unspecified atom stereocenters. The summed E-state index contributed by atoms with van der Waals surface area (Å²) >= 11 is 3.24. The van der Waals surface area contributed by atoms with Crippen molar-refractivity contribution in [2.45, 2.75) is 6.92 Å². The van der Waals surface area contributed by atoms with Crippen LogP contribution in [0.3, 0.4) is 0 Å². The molecule has 0 heterocycles. The van der Waals surface area contributed by atoms with E-state index in [1.165, 1.54) is 13.0 Å². The Morgan fingerprint density at radius 2 is 1.83 bits per heavy atom. The first-order valence-corrected chi connectivity index (χ1v) is 6.04. The van der Waals surface area contributed by atoms with E-state index in [2.05, 4.69) is 15.9 Å². The van der Waals surface area contributed by atoms with Crippen molar-refractivity contribution in [3.8, 4) is 0 Å². The summed E-state index contributed by atoms with van der Waals surface area (Å²) in [7, 11) is 0. The van der Waals surface area contributed by atoms with Crippen LogP contribution in [0.5, 0.6) is 0 Å². The van der Waals surface area contributed by atoms with Crippen LogP contribution < -0.4 is 0 Å². The molecule has 0 fully saturated rings. The van der Waals surface area contributed by atoms with Crippen LogP contribution in [0.1, 0.15) is 21.5 Å². The number of aryl methyl sites for hydroxylation is 1. The molecule has 0 aromatic heterocycles. The fourth-order valence-electron chi connectivity index (χ4n) is 1.62. The molecule has 2 aromatic carbocycles. The second-order valence-electron chi connectivity index (χ2n) is 3.92. The van der Waals surface area contributed by atoms with Gasteiger partial charge in [-0.25, -0.2) is 8.78 Å². The summed E-state index contributed by atoms with van der Waals surface area (Å²) in [5.74, 6) is -1.96.